The van der Waals surface area contributed by atoms with Crippen LogP contribution in [0.4, 0.5) is 0 Å². The predicted octanol–water partition coefficient (Wildman–Crippen LogP) is 6.98. The molecule has 27 heavy (non-hydrogen) atoms. The zero-order valence-electron chi connectivity index (χ0n) is 16.6. The minimum Gasteiger partial charge on any atom is -0.359 e. The first-order valence-electron chi connectivity index (χ1n) is 9.58. The van der Waals surface area contributed by atoms with E-state index in [0.717, 1.165) is 12.8 Å². The molecule has 0 saturated carbocycles. The average molecular weight is 358 g/mol. The zero-order valence-corrected chi connectivity index (χ0v) is 16.6. The molecular formula is C26H31N. The molecule has 0 radical (unpaired) electrons. The van der Waals surface area contributed by atoms with E-state index in [1.165, 1.54) is 28.1 Å². The molecule has 0 spiro atoms. The van der Waals surface area contributed by atoms with Gasteiger partial charge < -0.3 is 5.32 Å². The lowest BCUT2D eigenvalue weighted by Gasteiger charge is -2.24. The molecule has 1 aromatic carbocycles. The molecule has 1 N–H and O–H groups in total. The molecule has 1 aromatic rings. The summed E-state index contributed by atoms with van der Waals surface area (Å²) in [6.07, 6.45) is 17.3. The molecule has 0 heterocycles. The van der Waals surface area contributed by atoms with Gasteiger partial charge in [-0.05, 0) is 49.0 Å². The second-order valence-corrected chi connectivity index (χ2v) is 6.92. The Bertz CT molecular complexity index is 787. The second kappa shape index (κ2) is 10.4. The summed E-state index contributed by atoms with van der Waals surface area (Å²) in [6.45, 7) is 14.3. The largest absolute Gasteiger partial charge is 0.359 e. The van der Waals surface area contributed by atoms with Crippen LogP contribution in [0.5, 0.6) is 0 Å². The molecule has 1 nitrogen and oxygen atoms in total. The predicted molar refractivity (Wildman–Crippen MR) is 120 cm³/mol. The third-order valence-corrected chi connectivity index (χ3v) is 5.00. The van der Waals surface area contributed by atoms with Gasteiger partial charge in [-0.2, -0.15) is 0 Å². The molecule has 0 saturated heterocycles. The normalized spacial score (nSPS) is 21.9. The number of hydrogen-bond donors (Lipinski definition) is 1. The minimum absolute atomic E-state index is 0.493. The number of benzene rings is 1. The lowest BCUT2D eigenvalue weighted by Crippen LogP contribution is -2.18. The van der Waals surface area contributed by atoms with Crippen LogP contribution in [0.1, 0.15) is 32.3 Å². The topological polar surface area (TPSA) is 12.0 Å². The highest BCUT2D eigenvalue weighted by Crippen LogP contribution is 2.32. The molecule has 0 bridgehead atoms. The number of rotatable bonds is 5. The van der Waals surface area contributed by atoms with Crippen molar-refractivity contribution in [3.05, 3.63) is 115 Å². The summed E-state index contributed by atoms with van der Waals surface area (Å²) >= 11 is 0. The van der Waals surface area contributed by atoms with Gasteiger partial charge in [-0.25, -0.2) is 0 Å². The van der Waals surface area contributed by atoms with Gasteiger partial charge in [-0.15, -0.1) is 13.2 Å². The molecule has 0 amide bonds. The molecule has 0 aromatic heterocycles. The highest BCUT2D eigenvalue weighted by molar-refractivity contribution is 5.70. The maximum atomic E-state index is 3.78. The van der Waals surface area contributed by atoms with E-state index in [1.807, 2.05) is 6.08 Å². The van der Waals surface area contributed by atoms with E-state index in [4.69, 9.17) is 0 Å². The smallest absolute Gasteiger partial charge is 0.0338 e. The number of nitrogens with one attached hydrogen (secondary N) is 1. The van der Waals surface area contributed by atoms with E-state index in [9.17, 15) is 0 Å². The Labute approximate surface area is 164 Å². The quantitative estimate of drug-likeness (QED) is 0.443. The van der Waals surface area contributed by atoms with E-state index in [1.54, 1.807) is 0 Å². The van der Waals surface area contributed by atoms with Crippen molar-refractivity contribution in [1.29, 1.82) is 0 Å². The summed E-state index contributed by atoms with van der Waals surface area (Å²) in [5.41, 5.74) is 6.61. The molecule has 2 aliphatic carbocycles. The Balaban J connectivity index is 0.00000126. The van der Waals surface area contributed by atoms with E-state index in [-0.39, 0.29) is 0 Å². The average Bonchev–Trinajstić information content (AvgIpc) is 2.71. The lowest BCUT2D eigenvalue weighted by molar-refractivity contribution is 0.684. The van der Waals surface area contributed by atoms with Crippen molar-refractivity contribution in [1.82, 2.24) is 5.32 Å². The maximum absolute atomic E-state index is 3.78. The standard InChI is InChI=1S/C24H27N.C2H4/c1-4-8-18(2)20-11-13-22(14-12-20)25-23-15-16-24(19(3)17-23)21-9-6-5-7-10-21;1-2/h4-11,13-16,19-20,25H,1,12,17H2,2-3H3;1-2H2/b18-8+;. The molecule has 0 fully saturated rings. The van der Waals surface area contributed by atoms with Crippen LogP contribution in [0.3, 0.4) is 0 Å². The van der Waals surface area contributed by atoms with Crippen LogP contribution < -0.4 is 5.32 Å². The Morgan fingerprint density at radius 2 is 1.89 bits per heavy atom. The molecule has 2 atom stereocenters. The number of hydrogen-bond acceptors (Lipinski definition) is 1. The Kier molecular flexibility index (Phi) is 7.88. The van der Waals surface area contributed by atoms with Gasteiger partial charge in [0, 0.05) is 17.3 Å². The van der Waals surface area contributed by atoms with Crippen LogP contribution in [0, 0.1) is 11.8 Å². The van der Waals surface area contributed by atoms with E-state index in [2.05, 4.69) is 106 Å². The molecule has 1 heteroatoms. The molecule has 2 aliphatic rings. The summed E-state index contributed by atoms with van der Waals surface area (Å²) in [5.74, 6) is 1.01. The lowest BCUT2D eigenvalue weighted by atomic mass is 9.86. The van der Waals surface area contributed by atoms with E-state index in [0.29, 0.717) is 11.8 Å². The van der Waals surface area contributed by atoms with E-state index >= 15 is 0 Å². The van der Waals surface area contributed by atoms with Crippen molar-refractivity contribution < 1.29 is 0 Å². The van der Waals surface area contributed by atoms with Crippen molar-refractivity contribution >= 4 is 5.57 Å². The third kappa shape index (κ3) is 5.59. The molecule has 0 aliphatic heterocycles. The Morgan fingerprint density at radius 1 is 1.15 bits per heavy atom. The summed E-state index contributed by atoms with van der Waals surface area (Å²) in [6, 6.07) is 10.7. The molecule has 2 unspecified atom stereocenters. The zero-order chi connectivity index (χ0) is 19.6. The fourth-order valence-corrected chi connectivity index (χ4v) is 3.51. The fourth-order valence-electron chi connectivity index (χ4n) is 3.51. The van der Waals surface area contributed by atoms with Gasteiger partial charge in [0.1, 0.15) is 0 Å². The van der Waals surface area contributed by atoms with Crippen LogP contribution in [-0.2, 0) is 0 Å². The van der Waals surface area contributed by atoms with Crippen LogP contribution >= 0.6 is 0 Å². The van der Waals surface area contributed by atoms with Crippen molar-refractivity contribution in [3.8, 4) is 0 Å². The first-order chi connectivity index (χ1) is 13.2. The van der Waals surface area contributed by atoms with Crippen molar-refractivity contribution in [2.75, 3.05) is 0 Å². The molecule has 3 rings (SSSR count). The van der Waals surface area contributed by atoms with Crippen molar-refractivity contribution in [3.63, 3.8) is 0 Å². The number of allylic oxidation sites excluding steroid dienone is 10. The summed E-state index contributed by atoms with van der Waals surface area (Å²) in [7, 11) is 0. The van der Waals surface area contributed by atoms with Crippen LogP contribution in [0.2, 0.25) is 0 Å². The fraction of sp³-hybridized carbons (Fsp3) is 0.231. The monoisotopic (exact) mass is 357 g/mol. The minimum atomic E-state index is 0.493. The maximum Gasteiger partial charge on any atom is 0.0338 e. The van der Waals surface area contributed by atoms with Crippen molar-refractivity contribution in [2.24, 2.45) is 11.8 Å². The van der Waals surface area contributed by atoms with Gasteiger partial charge in [0.05, 0.1) is 0 Å². The first kappa shape index (κ1) is 20.5. The Morgan fingerprint density at radius 3 is 2.48 bits per heavy atom. The second-order valence-electron chi connectivity index (χ2n) is 6.92. The summed E-state index contributed by atoms with van der Waals surface area (Å²) < 4.78 is 0. The van der Waals surface area contributed by atoms with Crippen LogP contribution in [-0.4, -0.2) is 0 Å². The summed E-state index contributed by atoms with van der Waals surface area (Å²) in [5, 5.41) is 3.60. The molecule has 140 valence electrons. The summed E-state index contributed by atoms with van der Waals surface area (Å²) in [4.78, 5) is 0. The van der Waals surface area contributed by atoms with Gasteiger partial charge in [-0.1, -0.05) is 79.8 Å². The van der Waals surface area contributed by atoms with Crippen molar-refractivity contribution in [2.45, 2.75) is 26.7 Å². The SMILES string of the molecule is C=C.C=C/C=C(\C)C1C=CC(NC2=CC=C(c3ccccc3)C(C)C2)=CC1. The van der Waals surface area contributed by atoms with Crippen LogP contribution in [0.15, 0.2) is 110 Å². The van der Waals surface area contributed by atoms with Gasteiger partial charge >= 0.3 is 0 Å². The first-order valence-corrected chi connectivity index (χ1v) is 9.58. The third-order valence-electron chi connectivity index (χ3n) is 5.00. The van der Waals surface area contributed by atoms with Gasteiger partial charge in [0.25, 0.3) is 0 Å². The van der Waals surface area contributed by atoms with E-state index < -0.39 is 0 Å². The van der Waals surface area contributed by atoms with Gasteiger partial charge in [-0.3, -0.25) is 0 Å². The Hall–Kier alpha value is -2.80. The molecular weight excluding hydrogens is 326 g/mol. The highest BCUT2D eigenvalue weighted by atomic mass is 14.9. The highest BCUT2D eigenvalue weighted by Gasteiger charge is 2.17. The van der Waals surface area contributed by atoms with Gasteiger partial charge in [0.2, 0.25) is 0 Å². The van der Waals surface area contributed by atoms with Crippen LogP contribution in [0.25, 0.3) is 5.57 Å². The van der Waals surface area contributed by atoms with Gasteiger partial charge in [0.15, 0.2) is 0 Å².